The first-order valence-corrected chi connectivity index (χ1v) is 5.12. The molecule has 0 atom stereocenters. The maximum absolute atomic E-state index is 9.54. The van der Waals surface area contributed by atoms with Gasteiger partial charge in [0.25, 0.3) is 0 Å². The Bertz CT molecular complexity index is 585. The predicted molar refractivity (Wildman–Crippen MR) is 72.3 cm³/mol. The summed E-state index contributed by atoms with van der Waals surface area (Å²) in [6.45, 7) is 0. The van der Waals surface area contributed by atoms with Crippen LogP contribution in [0.2, 0.25) is 0 Å². The van der Waals surface area contributed by atoms with E-state index in [0.717, 1.165) is 5.69 Å². The minimum absolute atomic E-state index is 0. The van der Waals surface area contributed by atoms with Gasteiger partial charge >= 0.3 is 0 Å². The van der Waals surface area contributed by atoms with Crippen LogP contribution >= 0.6 is 0 Å². The van der Waals surface area contributed by atoms with Gasteiger partial charge in [0.1, 0.15) is 5.75 Å². The molecule has 3 nitrogen and oxygen atoms in total. The normalized spacial score (nSPS) is 9.72. The van der Waals surface area contributed by atoms with Crippen molar-refractivity contribution >= 4 is 30.8 Å². The number of hydrogen-bond acceptors (Lipinski definition) is 3. The molecule has 4 heteroatoms. The smallest absolute Gasteiger partial charge is 0.124 e. The molecule has 0 aliphatic heterocycles. The minimum atomic E-state index is 0. The molecular weight excluding hydrogens is 219 g/mol. The number of aliphatic imine (C=N–C) groups is 1. The van der Waals surface area contributed by atoms with Gasteiger partial charge in [-0.25, -0.2) is 0 Å². The average molecular weight is 229 g/mol. The molecule has 0 aromatic heterocycles. The van der Waals surface area contributed by atoms with E-state index in [1.54, 1.807) is 48.7 Å². The van der Waals surface area contributed by atoms with E-state index in [4.69, 9.17) is 5.26 Å². The molecule has 2 rings (SSSR count). The zero-order chi connectivity index (χ0) is 12.1. The summed E-state index contributed by atoms with van der Waals surface area (Å²) in [5.41, 5.74) is 2.01. The van der Waals surface area contributed by atoms with Crippen molar-refractivity contribution in [1.82, 2.24) is 0 Å². The van der Waals surface area contributed by atoms with Gasteiger partial charge in [0, 0.05) is 30.6 Å². The fourth-order valence-corrected chi connectivity index (χ4v) is 1.36. The van der Waals surface area contributed by atoms with Crippen molar-refractivity contribution in [2.75, 3.05) is 0 Å². The van der Waals surface area contributed by atoms with Crippen molar-refractivity contribution < 1.29 is 5.11 Å². The molecule has 1 N–H and O–H groups in total. The number of nitriles is 1. The minimum Gasteiger partial charge on any atom is -0.507 e. The Morgan fingerprint density at radius 2 is 1.72 bits per heavy atom. The summed E-state index contributed by atoms with van der Waals surface area (Å²) in [6.07, 6.45) is 1.59. The molecule has 0 saturated heterocycles. The summed E-state index contributed by atoms with van der Waals surface area (Å²) in [5.74, 6) is 0.199. The van der Waals surface area contributed by atoms with E-state index < -0.39 is 0 Å². The first-order chi connectivity index (χ1) is 8.29. The van der Waals surface area contributed by atoms with Crippen molar-refractivity contribution in [2.45, 2.75) is 0 Å². The van der Waals surface area contributed by atoms with Crippen LogP contribution in [0.3, 0.4) is 0 Å². The summed E-state index contributed by atoms with van der Waals surface area (Å²) in [5, 5.41) is 18.2. The van der Waals surface area contributed by atoms with Crippen LogP contribution in [0.25, 0.3) is 0 Å². The first kappa shape index (κ1) is 14.1. The molecule has 0 aliphatic rings. The van der Waals surface area contributed by atoms with Gasteiger partial charge < -0.3 is 5.11 Å². The molecule has 18 heavy (non-hydrogen) atoms. The molecule has 0 fully saturated rings. The van der Waals surface area contributed by atoms with E-state index in [9.17, 15) is 5.11 Å². The molecule has 0 spiro atoms. The van der Waals surface area contributed by atoms with Crippen molar-refractivity contribution in [1.29, 1.82) is 5.26 Å². The van der Waals surface area contributed by atoms with Gasteiger partial charge in [-0.05, 0) is 36.4 Å². The Labute approximate surface area is 118 Å². The molecule has 0 heterocycles. The third-order valence-electron chi connectivity index (χ3n) is 2.29. The summed E-state index contributed by atoms with van der Waals surface area (Å²) in [6, 6.07) is 16.0. The predicted octanol–water partition coefficient (Wildman–Crippen LogP) is 2.63. The van der Waals surface area contributed by atoms with Gasteiger partial charge in [-0.2, -0.15) is 5.26 Å². The second-order valence-corrected chi connectivity index (χ2v) is 3.48. The van der Waals surface area contributed by atoms with Crippen LogP contribution in [0.1, 0.15) is 11.1 Å². The van der Waals surface area contributed by atoms with Gasteiger partial charge in [0.05, 0.1) is 17.3 Å². The molecule has 83 valence electrons. The summed E-state index contributed by atoms with van der Waals surface area (Å²) in [4.78, 5) is 4.22. The maximum Gasteiger partial charge on any atom is 0.124 e. The maximum atomic E-state index is 9.54. The number of phenols is 1. The monoisotopic (exact) mass is 229 g/mol. The standard InChI is InChI=1S/C14H10N2O.Li/c15-9-11-5-7-13(8-6-11)16-10-12-3-1-2-4-14(12)17;/h1-8,10,17H;. The van der Waals surface area contributed by atoms with Crippen molar-refractivity contribution in [3.8, 4) is 11.8 Å². The van der Waals surface area contributed by atoms with Gasteiger partial charge in [0.2, 0.25) is 0 Å². The van der Waals surface area contributed by atoms with Gasteiger partial charge in [-0.15, -0.1) is 0 Å². The molecule has 0 saturated carbocycles. The van der Waals surface area contributed by atoms with Crippen LogP contribution in [-0.4, -0.2) is 30.2 Å². The molecule has 2 aromatic carbocycles. The molecule has 0 unspecified atom stereocenters. The summed E-state index contributed by atoms with van der Waals surface area (Å²) >= 11 is 0. The van der Waals surface area contributed by atoms with Crippen molar-refractivity contribution in [3.05, 3.63) is 59.7 Å². The van der Waals surface area contributed by atoms with E-state index in [1.165, 1.54) is 0 Å². The second-order valence-electron chi connectivity index (χ2n) is 3.48. The number of nitrogens with zero attached hydrogens (tertiary/aromatic N) is 2. The number of benzene rings is 2. The Morgan fingerprint density at radius 1 is 1.06 bits per heavy atom. The fraction of sp³-hybridized carbons (Fsp3) is 0. The molecule has 0 amide bonds. The number of phenolic OH excluding ortho intramolecular Hbond substituents is 1. The Balaban J connectivity index is 0.00000162. The molecule has 0 aliphatic carbocycles. The quantitative estimate of drug-likeness (QED) is 0.635. The van der Waals surface area contributed by atoms with Crippen LogP contribution in [0.15, 0.2) is 53.5 Å². The van der Waals surface area contributed by atoms with Gasteiger partial charge in [-0.3, -0.25) is 4.99 Å². The van der Waals surface area contributed by atoms with Crippen LogP contribution in [0.4, 0.5) is 5.69 Å². The number of aromatic hydroxyl groups is 1. The molecule has 2 aromatic rings. The number of hydrogen-bond donors (Lipinski definition) is 1. The van der Waals surface area contributed by atoms with E-state index in [2.05, 4.69) is 4.99 Å². The SMILES string of the molecule is N#Cc1ccc(N=Cc2ccccc2O)cc1.[Li]. The largest absolute Gasteiger partial charge is 0.507 e. The molecule has 0 bridgehead atoms. The van der Waals surface area contributed by atoms with Crippen LogP contribution < -0.4 is 0 Å². The van der Waals surface area contributed by atoms with Gasteiger partial charge in [0.15, 0.2) is 0 Å². The van der Waals surface area contributed by atoms with E-state index in [0.29, 0.717) is 11.1 Å². The number of rotatable bonds is 2. The third kappa shape index (κ3) is 3.50. The molecule has 1 radical (unpaired) electrons. The van der Waals surface area contributed by atoms with Crippen LogP contribution in [0, 0.1) is 11.3 Å². The Morgan fingerprint density at radius 3 is 2.33 bits per heavy atom. The van der Waals surface area contributed by atoms with E-state index >= 15 is 0 Å². The Kier molecular flexibility index (Phi) is 5.21. The van der Waals surface area contributed by atoms with Crippen molar-refractivity contribution in [2.24, 2.45) is 4.99 Å². The summed E-state index contributed by atoms with van der Waals surface area (Å²) < 4.78 is 0. The van der Waals surface area contributed by atoms with Crippen LogP contribution in [-0.2, 0) is 0 Å². The number of para-hydroxylation sites is 1. The average Bonchev–Trinajstić information content (AvgIpc) is 2.38. The van der Waals surface area contributed by atoms with E-state index in [1.807, 2.05) is 12.1 Å². The second kappa shape index (κ2) is 6.66. The zero-order valence-corrected chi connectivity index (χ0v) is 10.0. The molecular formula is C14H10LiN2O. The van der Waals surface area contributed by atoms with Crippen molar-refractivity contribution in [3.63, 3.8) is 0 Å². The van der Waals surface area contributed by atoms with E-state index in [-0.39, 0.29) is 24.6 Å². The first-order valence-electron chi connectivity index (χ1n) is 5.12. The topological polar surface area (TPSA) is 56.4 Å². The Hall–Kier alpha value is -2.00. The summed E-state index contributed by atoms with van der Waals surface area (Å²) in [7, 11) is 0. The van der Waals surface area contributed by atoms with Crippen LogP contribution in [0.5, 0.6) is 5.75 Å². The fourth-order valence-electron chi connectivity index (χ4n) is 1.36. The van der Waals surface area contributed by atoms with Gasteiger partial charge in [-0.1, -0.05) is 12.1 Å². The zero-order valence-electron chi connectivity index (χ0n) is 10.0. The third-order valence-corrected chi connectivity index (χ3v) is 2.29.